The van der Waals surface area contributed by atoms with E-state index in [2.05, 4.69) is 19.4 Å². The maximum Gasteiger partial charge on any atom is 0.353 e. The number of nitrogens with zero attached hydrogens (tertiary/aromatic N) is 3. The van der Waals surface area contributed by atoms with Crippen LogP contribution in [-0.2, 0) is 6.54 Å². The van der Waals surface area contributed by atoms with E-state index in [0.29, 0.717) is 44.7 Å². The lowest BCUT2D eigenvalue weighted by molar-refractivity contribution is 0.0687. The number of anilines is 2. The molecule has 0 aliphatic carbocycles. The molecule has 40 heavy (non-hydrogen) atoms. The second kappa shape index (κ2) is 10.5. The van der Waals surface area contributed by atoms with Gasteiger partial charge in [0, 0.05) is 33.4 Å². The van der Waals surface area contributed by atoms with Crippen LogP contribution in [-0.4, -0.2) is 37.5 Å². The highest BCUT2D eigenvalue weighted by Gasteiger charge is 2.25. The van der Waals surface area contributed by atoms with Gasteiger partial charge in [0.25, 0.3) is 0 Å². The molecule has 0 saturated heterocycles. The summed E-state index contributed by atoms with van der Waals surface area (Å²) in [6.45, 7) is 0.268. The van der Waals surface area contributed by atoms with Crippen LogP contribution in [0.3, 0.4) is 0 Å². The monoisotopic (exact) mass is 549 g/mol. The molecule has 9 nitrogen and oxygen atoms in total. The van der Waals surface area contributed by atoms with Crippen LogP contribution in [0.1, 0.15) is 16.1 Å². The Morgan fingerprint density at radius 2 is 1.62 bits per heavy atom. The third-order valence-electron chi connectivity index (χ3n) is 6.62. The highest BCUT2D eigenvalue weighted by atomic mass is 32.1. The van der Waals surface area contributed by atoms with Crippen LogP contribution in [0.5, 0.6) is 5.75 Å². The fourth-order valence-corrected chi connectivity index (χ4v) is 5.39. The third-order valence-corrected chi connectivity index (χ3v) is 7.18. The van der Waals surface area contributed by atoms with Gasteiger partial charge in [-0.3, -0.25) is 0 Å². The molecule has 6 rings (SSSR count). The van der Waals surface area contributed by atoms with Gasteiger partial charge < -0.3 is 25.0 Å². The quantitative estimate of drug-likeness (QED) is 0.204. The van der Waals surface area contributed by atoms with E-state index in [1.54, 1.807) is 35.9 Å². The van der Waals surface area contributed by atoms with Gasteiger partial charge in [-0.15, -0.1) is 0 Å². The van der Waals surface area contributed by atoms with Gasteiger partial charge in [0.05, 0.1) is 25.4 Å². The minimum absolute atomic E-state index is 0.120. The number of benzene rings is 4. The summed E-state index contributed by atoms with van der Waals surface area (Å²) in [5, 5.41) is 16.9. The number of carbonyl (C=O) groups is 2. The van der Waals surface area contributed by atoms with E-state index in [1.165, 1.54) is 0 Å². The number of fused-ring (bicyclic) bond motifs is 2. The van der Waals surface area contributed by atoms with Gasteiger partial charge >= 0.3 is 12.0 Å². The molecule has 0 saturated carbocycles. The third kappa shape index (κ3) is 4.72. The van der Waals surface area contributed by atoms with Crippen molar-refractivity contribution in [1.82, 2.24) is 13.3 Å². The summed E-state index contributed by atoms with van der Waals surface area (Å²) >= 11 is 1.10. The first-order chi connectivity index (χ1) is 19.5. The highest BCUT2D eigenvalue weighted by Crippen LogP contribution is 2.38. The van der Waals surface area contributed by atoms with Crippen LogP contribution < -0.4 is 15.4 Å². The molecule has 0 unspecified atom stereocenters. The summed E-state index contributed by atoms with van der Waals surface area (Å²) in [6.07, 6.45) is 0. The molecule has 2 heterocycles. The van der Waals surface area contributed by atoms with E-state index in [1.807, 2.05) is 66.7 Å². The van der Waals surface area contributed by atoms with Crippen molar-refractivity contribution in [2.45, 2.75) is 6.54 Å². The van der Waals surface area contributed by atoms with E-state index < -0.39 is 12.0 Å². The fraction of sp³-hybridized carbons (Fsp3) is 0.0667. The lowest BCUT2D eigenvalue weighted by atomic mass is 10.0. The van der Waals surface area contributed by atoms with Crippen molar-refractivity contribution in [1.29, 1.82) is 0 Å². The molecule has 198 valence electrons. The van der Waals surface area contributed by atoms with Crippen molar-refractivity contribution in [3.63, 3.8) is 0 Å². The van der Waals surface area contributed by atoms with Crippen molar-refractivity contribution < 1.29 is 19.4 Å². The first-order valence-electron chi connectivity index (χ1n) is 12.4. The van der Waals surface area contributed by atoms with Gasteiger partial charge in [-0.2, -0.15) is 8.75 Å². The van der Waals surface area contributed by atoms with Crippen molar-refractivity contribution in [2.24, 2.45) is 0 Å². The number of rotatable bonds is 7. The van der Waals surface area contributed by atoms with E-state index in [0.717, 1.165) is 22.8 Å². The van der Waals surface area contributed by atoms with Gasteiger partial charge in [-0.25, -0.2) is 9.59 Å². The number of amides is 2. The summed E-state index contributed by atoms with van der Waals surface area (Å²) < 4.78 is 15.9. The Morgan fingerprint density at radius 1 is 0.875 bits per heavy atom. The van der Waals surface area contributed by atoms with Crippen LogP contribution in [0.25, 0.3) is 33.1 Å². The van der Waals surface area contributed by atoms with Gasteiger partial charge in [-0.1, -0.05) is 42.5 Å². The van der Waals surface area contributed by atoms with E-state index in [4.69, 9.17) is 4.74 Å². The van der Waals surface area contributed by atoms with Gasteiger partial charge in [0.15, 0.2) is 0 Å². The number of aromatic nitrogens is 3. The number of hydrogen-bond donors (Lipinski definition) is 3. The normalized spacial score (nSPS) is 11.0. The number of nitrogens with one attached hydrogen (secondary N) is 2. The Hall–Kier alpha value is -5.22. The molecule has 10 heteroatoms. The molecule has 4 aromatic carbocycles. The fourth-order valence-electron chi connectivity index (χ4n) is 4.87. The standard InChI is InChI=1S/C30H23N5O4S/c1-39-26-10-6-5-7-19(26)17-35-25-14-12-21(32-30(38)31-20-8-3-2-4-9-20)16-22(25)27(28(35)29(36)37)18-11-13-23-24(15-18)34-40-33-23/h2-16H,17H2,1H3,(H,36,37)(H2,31,32,38). The zero-order valence-electron chi connectivity index (χ0n) is 21.3. The largest absolute Gasteiger partial charge is 0.496 e. The Morgan fingerprint density at radius 3 is 2.42 bits per heavy atom. The number of para-hydroxylation sites is 2. The minimum Gasteiger partial charge on any atom is -0.496 e. The Balaban J connectivity index is 1.51. The molecule has 0 bridgehead atoms. The molecule has 2 amide bonds. The average Bonchev–Trinajstić information content (AvgIpc) is 3.56. The van der Waals surface area contributed by atoms with Gasteiger partial charge in [-0.05, 0) is 54.1 Å². The summed E-state index contributed by atoms with van der Waals surface area (Å²) in [5.41, 5.74) is 5.46. The van der Waals surface area contributed by atoms with Crippen LogP contribution in [0.2, 0.25) is 0 Å². The van der Waals surface area contributed by atoms with Crippen molar-refractivity contribution in [2.75, 3.05) is 17.7 Å². The summed E-state index contributed by atoms with van der Waals surface area (Å²) in [6, 6.07) is 27.1. The maximum atomic E-state index is 12.9. The highest BCUT2D eigenvalue weighted by molar-refractivity contribution is 7.00. The number of hydrogen-bond acceptors (Lipinski definition) is 6. The van der Waals surface area contributed by atoms with Gasteiger partial charge in [0.2, 0.25) is 0 Å². The lowest BCUT2D eigenvalue weighted by Gasteiger charge is -2.13. The SMILES string of the molecule is COc1ccccc1Cn1c(C(=O)O)c(-c2ccc3nsnc3c2)c2cc(NC(=O)Nc3ccccc3)ccc21. The molecule has 0 spiro atoms. The topological polar surface area (TPSA) is 118 Å². The molecule has 6 aromatic rings. The Kier molecular flexibility index (Phi) is 6.59. The Labute approximate surface area is 233 Å². The predicted molar refractivity (Wildman–Crippen MR) is 156 cm³/mol. The number of methoxy groups -OCH3 is 1. The van der Waals surface area contributed by atoms with E-state index in [-0.39, 0.29) is 12.2 Å². The minimum atomic E-state index is -1.08. The smallest absolute Gasteiger partial charge is 0.353 e. The molecule has 0 aliphatic heterocycles. The molecule has 3 N–H and O–H groups in total. The second-order valence-corrected chi connectivity index (χ2v) is 9.60. The van der Waals surface area contributed by atoms with E-state index >= 15 is 0 Å². The second-order valence-electron chi connectivity index (χ2n) is 9.07. The molecular formula is C30H23N5O4S. The zero-order chi connectivity index (χ0) is 27.6. The van der Waals surface area contributed by atoms with Crippen LogP contribution in [0.15, 0.2) is 91.0 Å². The summed E-state index contributed by atoms with van der Waals surface area (Å²) in [7, 11) is 1.59. The van der Waals surface area contributed by atoms with Crippen molar-refractivity contribution >= 4 is 57.0 Å². The first kappa shape index (κ1) is 25.1. The predicted octanol–water partition coefficient (Wildman–Crippen LogP) is 6.71. The number of carboxylic acids is 1. The number of carbonyl (C=O) groups excluding carboxylic acids is 1. The number of aromatic carboxylic acids is 1. The van der Waals surface area contributed by atoms with Crippen LogP contribution >= 0.6 is 11.7 Å². The number of carboxylic acid groups (broad SMARTS) is 1. The Bertz CT molecular complexity index is 1880. The van der Waals surface area contributed by atoms with E-state index in [9.17, 15) is 14.7 Å². The molecule has 0 fully saturated rings. The van der Waals surface area contributed by atoms with Gasteiger partial charge in [0.1, 0.15) is 22.5 Å². The molecule has 0 aliphatic rings. The van der Waals surface area contributed by atoms with Crippen LogP contribution in [0.4, 0.5) is 16.2 Å². The average molecular weight is 550 g/mol. The number of ether oxygens (including phenoxy) is 1. The van der Waals surface area contributed by atoms with Crippen molar-refractivity contribution in [3.05, 3.63) is 102 Å². The molecular weight excluding hydrogens is 526 g/mol. The summed E-state index contributed by atoms with van der Waals surface area (Å²) in [5.74, 6) is -0.415. The maximum absolute atomic E-state index is 12.9. The first-order valence-corrected chi connectivity index (χ1v) is 13.1. The lowest BCUT2D eigenvalue weighted by Crippen LogP contribution is -2.19. The van der Waals surface area contributed by atoms with Crippen molar-refractivity contribution in [3.8, 4) is 16.9 Å². The van der Waals surface area contributed by atoms with Crippen LogP contribution in [0, 0.1) is 0 Å². The summed E-state index contributed by atoms with van der Waals surface area (Å²) in [4.78, 5) is 25.6. The molecule has 2 aromatic heterocycles. The zero-order valence-corrected chi connectivity index (χ0v) is 22.1. The number of urea groups is 1. The molecule has 0 radical (unpaired) electrons. The molecule has 0 atom stereocenters.